The molecule has 0 spiro atoms. The predicted molar refractivity (Wildman–Crippen MR) is 67.4 cm³/mol. The fourth-order valence-corrected chi connectivity index (χ4v) is 1.78. The molecule has 1 aromatic carbocycles. The van der Waals surface area contributed by atoms with Gasteiger partial charge >= 0.3 is 5.97 Å². The average molecular weight is 245 g/mol. The van der Waals surface area contributed by atoms with Gasteiger partial charge in [-0.25, -0.2) is 14.5 Å². The normalized spacial score (nSPS) is 10.6. The molecule has 18 heavy (non-hydrogen) atoms. The van der Waals surface area contributed by atoms with Crippen molar-refractivity contribution in [3.8, 4) is 11.4 Å². The van der Waals surface area contributed by atoms with E-state index < -0.39 is 5.97 Å². The first kappa shape index (κ1) is 12.3. The highest BCUT2D eigenvalue weighted by atomic mass is 16.4. The number of carboxylic acids is 1. The highest BCUT2D eigenvalue weighted by molar-refractivity contribution is 5.88. The molecular weight excluding hydrogens is 230 g/mol. The maximum absolute atomic E-state index is 10.8. The van der Waals surface area contributed by atoms with Gasteiger partial charge in [-0.1, -0.05) is 19.1 Å². The standard InChI is InChI=1S/C13H15N3O2/c1-3-4-11-14-12(16(2)15-11)9-5-7-10(8-6-9)13(17)18/h5-8H,3-4H2,1-2H3,(H,17,18). The van der Waals surface area contributed by atoms with Crippen molar-refractivity contribution in [1.82, 2.24) is 14.8 Å². The van der Waals surface area contributed by atoms with Crippen molar-refractivity contribution in [3.63, 3.8) is 0 Å². The van der Waals surface area contributed by atoms with E-state index in [2.05, 4.69) is 17.0 Å². The lowest BCUT2D eigenvalue weighted by Crippen LogP contribution is -1.97. The summed E-state index contributed by atoms with van der Waals surface area (Å²) in [6, 6.07) is 6.66. The van der Waals surface area contributed by atoms with Gasteiger partial charge in [-0.05, 0) is 18.6 Å². The largest absolute Gasteiger partial charge is 0.478 e. The van der Waals surface area contributed by atoms with Gasteiger partial charge in [0.2, 0.25) is 0 Å². The first-order valence-electron chi connectivity index (χ1n) is 5.85. The van der Waals surface area contributed by atoms with Gasteiger partial charge in [0.15, 0.2) is 11.6 Å². The number of aryl methyl sites for hydroxylation is 2. The summed E-state index contributed by atoms with van der Waals surface area (Å²) in [5.41, 5.74) is 1.15. The summed E-state index contributed by atoms with van der Waals surface area (Å²) in [6.45, 7) is 2.08. The summed E-state index contributed by atoms with van der Waals surface area (Å²) >= 11 is 0. The Morgan fingerprint density at radius 1 is 1.33 bits per heavy atom. The molecule has 0 amide bonds. The molecule has 2 rings (SSSR count). The molecule has 0 radical (unpaired) electrons. The van der Waals surface area contributed by atoms with E-state index in [9.17, 15) is 4.79 Å². The molecule has 0 fully saturated rings. The molecule has 0 aliphatic rings. The molecule has 1 heterocycles. The van der Waals surface area contributed by atoms with Crippen molar-refractivity contribution in [3.05, 3.63) is 35.7 Å². The maximum atomic E-state index is 10.8. The molecule has 0 atom stereocenters. The van der Waals surface area contributed by atoms with E-state index in [4.69, 9.17) is 5.11 Å². The van der Waals surface area contributed by atoms with Crippen LogP contribution in [-0.4, -0.2) is 25.8 Å². The predicted octanol–water partition coefficient (Wildman–Crippen LogP) is 2.13. The minimum Gasteiger partial charge on any atom is -0.478 e. The zero-order valence-corrected chi connectivity index (χ0v) is 10.4. The van der Waals surface area contributed by atoms with Gasteiger partial charge < -0.3 is 5.11 Å². The summed E-state index contributed by atoms with van der Waals surface area (Å²) in [5, 5.41) is 13.2. The van der Waals surface area contributed by atoms with Crippen LogP contribution in [0.3, 0.4) is 0 Å². The van der Waals surface area contributed by atoms with E-state index in [1.54, 1.807) is 28.9 Å². The Bertz CT molecular complexity index is 558. The zero-order valence-electron chi connectivity index (χ0n) is 10.4. The van der Waals surface area contributed by atoms with Gasteiger partial charge in [-0.15, -0.1) is 0 Å². The third-order valence-corrected chi connectivity index (χ3v) is 2.67. The SMILES string of the molecule is CCCc1nc(-c2ccc(C(=O)O)cc2)n(C)n1. The molecule has 94 valence electrons. The smallest absolute Gasteiger partial charge is 0.335 e. The van der Waals surface area contributed by atoms with Crippen LogP contribution in [0.1, 0.15) is 29.5 Å². The van der Waals surface area contributed by atoms with Gasteiger partial charge in [-0.3, -0.25) is 0 Å². The molecular formula is C13H15N3O2. The lowest BCUT2D eigenvalue weighted by molar-refractivity contribution is 0.0697. The van der Waals surface area contributed by atoms with Crippen LogP contribution in [0.15, 0.2) is 24.3 Å². The van der Waals surface area contributed by atoms with Crippen LogP contribution in [0, 0.1) is 0 Å². The number of carboxylic acid groups (broad SMARTS) is 1. The van der Waals surface area contributed by atoms with Gasteiger partial charge in [0.25, 0.3) is 0 Å². The van der Waals surface area contributed by atoms with E-state index >= 15 is 0 Å². The number of hydrogen-bond donors (Lipinski definition) is 1. The molecule has 2 aromatic rings. The molecule has 0 bridgehead atoms. The summed E-state index contributed by atoms with van der Waals surface area (Å²) < 4.78 is 1.72. The van der Waals surface area contributed by atoms with Crippen LogP contribution in [-0.2, 0) is 13.5 Å². The Kier molecular flexibility index (Phi) is 3.41. The van der Waals surface area contributed by atoms with Crippen molar-refractivity contribution in [2.75, 3.05) is 0 Å². The highest BCUT2D eigenvalue weighted by Gasteiger charge is 2.09. The van der Waals surface area contributed by atoms with E-state index in [1.807, 2.05) is 7.05 Å². The zero-order chi connectivity index (χ0) is 13.1. The molecule has 0 unspecified atom stereocenters. The number of aromatic nitrogens is 3. The number of rotatable bonds is 4. The summed E-state index contributed by atoms with van der Waals surface area (Å²) in [6.07, 6.45) is 1.85. The number of carbonyl (C=O) groups is 1. The van der Waals surface area contributed by atoms with Crippen molar-refractivity contribution in [2.24, 2.45) is 7.05 Å². The van der Waals surface area contributed by atoms with Gasteiger partial charge in [0, 0.05) is 19.0 Å². The van der Waals surface area contributed by atoms with Crippen LogP contribution in [0.25, 0.3) is 11.4 Å². The monoisotopic (exact) mass is 245 g/mol. The molecule has 5 nitrogen and oxygen atoms in total. The minimum atomic E-state index is -0.925. The molecule has 1 aromatic heterocycles. The number of benzene rings is 1. The Morgan fingerprint density at radius 3 is 2.56 bits per heavy atom. The highest BCUT2D eigenvalue weighted by Crippen LogP contribution is 2.17. The fourth-order valence-electron chi connectivity index (χ4n) is 1.78. The molecule has 0 saturated heterocycles. The van der Waals surface area contributed by atoms with E-state index in [0.717, 1.165) is 30.1 Å². The molecule has 0 aliphatic carbocycles. The fraction of sp³-hybridized carbons (Fsp3) is 0.308. The second-order valence-corrected chi connectivity index (χ2v) is 4.11. The van der Waals surface area contributed by atoms with Gasteiger partial charge in [-0.2, -0.15) is 5.10 Å². The van der Waals surface area contributed by atoms with Crippen LogP contribution in [0.4, 0.5) is 0 Å². The number of aromatic carboxylic acids is 1. The topological polar surface area (TPSA) is 68.0 Å². The van der Waals surface area contributed by atoms with Crippen LogP contribution in [0.5, 0.6) is 0 Å². The van der Waals surface area contributed by atoms with E-state index in [0.29, 0.717) is 0 Å². The lowest BCUT2D eigenvalue weighted by Gasteiger charge is -2.00. The first-order chi connectivity index (χ1) is 8.61. The summed E-state index contributed by atoms with van der Waals surface area (Å²) in [4.78, 5) is 15.2. The number of hydrogen-bond acceptors (Lipinski definition) is 3. The summed E-state index contributed by atoms with van der Waals surface area (Å²) in [7, 11) is 1.84. The molecule has 0 saturated carbocycles. The third kappa shape index (κ3) is 2.40. The molecule has 5 heteroatoms. The third-order valence-electron chi connectivity index (χ3n) is 2.67. The second kappa shape index (κ2) is 5.00. The van der Waals surface area contributed by atoms with Gasteiger partial charge in [0.05, 0.1) is 5.56 Å². The Balaban J connectivity index is 2.33. The quantitative estimate of drug-likeness (QED) is 0.896. The van der Waals surface area contributed by atoms with E-state index in [-0.39, 0.29) is 5.56 Å². The van der Waals surface area contributed by atoms with Gasteiger partial charge in [0.1, 0.15) is 0 Å². The Morgan fingerprint density at radius 2 is 2.00 bits per heavy atom. The van der Waals surface area contributed by atoms with Crippen molar-refractivity contribution in [1.29, 1.82) is 0 Å². The molecule has 0 aliphatic heterocycles. The maximum Gasteiger partial charge on any atom is 0.335 e. The summed E-state index contributed by atoms with van der Waals surface area (Å²) in [5.74, 6) is 0.652. The Hall–Kier alpha value is -2.17. The van der Waals surface area contributed by atoms with Crippen LogP contribution >= 0.6 is 0 Å². The van der Waals surface area contributed by atoms with Crippen molar-refractivity contribution < 1.29 is 9.90 Å². The van der Waals surface area contributed by atoms with Crippen molar-refractivity contribution >= 4 is 5.97 Å². The van der Waals surface area contributed by atoms with Crippen LogP contribution < -0.4 is 0 Å². The Labute approximate surface area is 105 Å². The van der Waals surface area contributed by atoms with Crippen LogP contribution in [0.2, 0.25) is 0 Å². The lowest BCUT2D eigenvalue weighted by atomic mass is 10.1. The minimum absolute atomic E-state index is 0.273. The van der Waals surface area contributed by atoms with E-state index in [1.165, 1.54) is 0 Å². The second-order valence-electron chi connectivity index (χ2n) is 4.11. The van der Waals surface area contributed by atoms with Crippen molar-refractivity contribution in [2.45, 2.75) is 19.8 Å². The molecule has 1 N–H and O–H groups in total. The first-order valence-corrected chi connectivity index (χ1v) is 5.85. The number of nitrogens with zero attached hydrogens (tertiary/aromatic N) is 3. The average Bonchev–Trinajstić information content (AvgIpc) is 2.71.